The lowest BCUT2D eigenvalue weighted by Crippen LogP contribution is -2.26. The number of nitrogens with zero attached hydrogens (tertiary/aromatic N) is 2. The number of ether oxygens (including phenoxy) is 1. The van der Waals surface area contributed by atoms with Gasteiger partial charge in [0, 0.05) is 25.7 Å². The molecule has 27 heavy (non-hydrogen) atoms. The molecule has 0 saturated carbocycles. The number of rotatable bonds is 5. The summed E-state index contributed by atoms with van der Waals surface area (Å²) in [5.41, 5.74) is 5.84. The number of nitrogens with one attached hydrogen (secondary N) is 1. The third-order valence-corrected chi connectivity index (χ3v) is 4.86. The molecule has 1 aromatic heterocycles. The van der Waals surface area contributed by atoms with E-state index in [1.54, 1.807) is 10.9 Å². The number of benzene rings is 2. The summed E-state index contributed by atoms with van der Waals surface area (Å²) in [5.74, 6) is 0.0770. The second kappa shape index (κ2) is 7.50. The van der Waals surface area contributed by atoms with Gasteiger partial charge in [-0.2, -0.15) is 5.10 Å². The molecule has 0 bridgehead atoms. The Morgan fingerprint density at radius 2 is 1.78 bits per heavy atom. The van der Waals surface area contributed by atoms with Crippen LogP contribution in [0.5, 0.6) is 0 Å². The number of aryl methyl sites for hydroxylation is 1. The normalized spacial score (nSPS) is 12.8. The average Bonchev–Trinajstić information content (AvgIpc) is 3.25. The molecule has 3 aromatic rings. The molecule has 0 atom stereocenters. The Morgan fingerprint density at radius 1 is 1.11 bits per heavy atom. The molecule has 5 heteroatoms. The van der Waals surface area contributed by atoms with Gasteiger partial charge in [-0.1, -0.05) is 54.6 Å². The minimum atomic E-state index is -0.411. The van der Waals surface area contributed by atoms with Crippen molar-refractivity contribution in [1.29, 1.82) is 0 Å². The maximum atomic E-state index is 12.1. The highest BCUT2D eigenvalue weighted by atomic mass is 16.5. The summed E-state index contributed by atoms with van der Waals surface area (Å²) in [6, 6.07) is 18.5. The summed E-state index contributed by atoms with van der Waals surface area (Å²) in [5, 5.41) is 6.85. The van der Waals surface area contributed by atoms with E-state index < -0.39 is 6.09 Å². The highest BCUT2D eigenvalue weighted by molar-refractivity contribution is 5.79. The minimum absolute atomic E-state index is 0.0770. The van der Waals surface area contributed by atoms with Crippen molar-refractivity contribution in [2.24, 2.45) is 7.05 Å². The Bertz CT molecular complexity index is 945. The van der Waals surface area contributed by atoms with Gasteiger partial charge in [-0.15, -0.1) is 0 Å². The van der Waals surface area contributed by atoms with Gasteiger partial charge in [0.15, 0.2) is 0 Å². The van der Waals surface area contributed by atoms with Crippen molar-refractivity contribution in [1.82, 2.24) is 15.1 Å². The predicted molar refractivity (Wildman–Crippen MR) is 105 cm³/mol. The number of fused-ring (bicyclic) bond motifs is 3. The fourth-order valence-corrected chi connectivity index (χ4v) is 3.52. The number of hydrogen-bond acceptors (Lipinski definition) is 3. The van der Waals surface area contributed by atoms with Crippen LogP contribution < -0.4 is 5.32 Å². The maximum Gasteiger partial charge on any atom is 0.407 e. The fraction of sp³-hybridized carbons (Fsp3) is 0.182. The van der Waals surface area contributed by atoms with Crippen LogP contribution in [0.1, 0.15) is 22.7 Å². The summed E-state index contributed by atoms with van der Waals surface area (Å²) < 4.78 is 7.27. The molecule has 136 valence electrons. The fourth-order valence-electron chi connectivity index (χ4n) is 3.52. The van der Waals surface area contributed by atoms with E-state index >= 15 is 0 Å². The van der Waals surface area contributed by atoms with Crippen molar-refractivity contribution in [2.45, 2.75) is 5.92 Å². The van der Waals surface area contributed by atoms with Crippen molar-refractivity contribution in [3.05, 3.63) is 83.7 Å². The van der Waals surface area contributed by atoms with Crippen molar-refractivity contribution < 1.29 is 9.53 Å². The van der Waals surface area contributed by atoms with Gasteiger partial charge < -0.3 is 10.1 Å². The molecule has 0 unspecified atom stereocenters. The van der Waals surface area contributed by atoms with E-state index in [4.69, 9.17) is 4.74 Å². The first-order valence-corrected chi connectivity index (χ1v) is 8.97. The SMILES string of the molecule is Cn1nccc1C=CCNC(=O)OCC1c2ccccc2-c2ccccc21. The summed E-state index contributed by atoms with van der Waals surface area (Å²) in [7, 11) is 1.87. The molecule has 1 heterocycles. The van der Waals surface area contributed by atoms with E-state index in [1.807, 2.05) is 49.5 Å². The molecule has 1 amide bonds. The Kier molecular flexibility index (Phi) is 4.75. The van der Waals surface area contributed by atoms with E-state index in [0.29, 0.717) is 13.2 Å². The molecule has 4 rings (SSSR count). The smallest absolute Gasteiger partial charge is 0.407 e. The zero-order chi connectivity index (χ0) is 18.6. The van der Waals surface area contributed by atoms with Crippen molar-refractivity contribution >= 4 is 12.2 Å². The molecule has 5 nitrogen and oxygen atoms in total. The molecule has 1 aliphatic rings. The van der Waals surface area contributed by atoms with Crippen LogP contribution in [0.3, 0.4) is 0 Å². The zero-order valence-corrected chi connectivity index (χ0v) is 15.1. The highest BCUT2D eigenvalue weighted by Gasteiger charge is 2.28. The van der Waals surface area contributed by atoms with Crippen LogP contribution in [0.2, 0.25) is 0 Å². The summed E-state index contributed by atoms with van der Waals surface area (Å²) in [6.07, 6.45) is 5.11. The molecule has 0 spiro atoms. The second-order valence-electron chi connectivity index (χ2n) is 6.49. The topological polar surface area (TPSA) is 56.2 Å². The summed E-state index contributed by atoms with van der Waals surface area (Å²) >= 11 is 0. The van der Waals surface area contributed by atoms with Gasteiger partial charge in [-0.25, -0.2) is 4.79 Å². The Morgan fingerprint density at radius 3 is 2.41 bits per heavy atom. The highest BCUT2D eigenvalue weighted by Crippen LogP contribution is 2.44. The van der Waals surface area contributed by atoms with Gasteiger partial charge in [0.1, 0.15) is 6.61 Å². The monoisotopic (exact) mass is 359 g/mol. The van der Waals surface area contributed by atoms with Gasteiger partial charge in [0.05, 0.1) is 5.69 Å². The van der Waals surface area contributed by atoms with E-state index in [-0.39, 0.29) is 5.92 Å². The number of carbonyl (C=O) groups is 1. The maximum absolute atomic E-state index is 12.1. The van der Waals surface area contributed by atoms with Gasteiger partial charge in [-0.05, 0) is 34.4 Å². The molecular formula is C22H21N3O2. The largest absolute Gasteiger partial charge is 0.449 e. The van der Waals surface area contributed by atoms with Gasteiger partial charge in [0.25, 0.3) is 0 Å². The molecule has 0 aliphatic heterocycles. The van der Waals surface area contributed by atoms with Crippen LogP contribution >= 0.6 is 0 Å². The summed E-state index contributed by atoms with van der Waals surface area (Å²) in [4.78, 5) is 12.1. The number of hydrogen-bond donors (Lipinski definition) is 1. The van der Waals surface area contributed by atoms with E-state index in [9.17, 15) is 4.79 Å². The van der Waals surface area contributed by atoms with E-state index in [2.05, 4.69) is 34.7 Å². The number of amides is 1. The lowest BCUT2D eigenvalue weighted by molar-refractivity contribution is 0.144. The van der Waals surface area contributed by atoms with Crippen molar-refractivity contribution in [3.8, 4) is 11.1 Å². The van der Waals surface area contributed by atoms with Crippen molar-refractivity contribution in [2.75, 3.05) is 13.2 Å². The lowest BCUT2D eigenvalue weighted by Gasteiger charge is -2.14. The standard InChI is InChI=1S/C22H21N3O2/c1-25-16(12-14-24-25)7-6-13-23-22(26)27-15-21-19-10-4-2-8-17(19)18-9-3-5-11-20(18)21/h2-12,14,21H,13,15H2,1H3,(H,23,26). The molecule has 0 radical (unpaired) electrons. The van der Waals surface area contributed by atoms with Crippen LogP contribution in [-0.2, 0) is 11.8 Å². The predicted octanol–water partition coefficient (Wildman–Crippen LogP) is 3.97. The lowest BCUT2D eigenvalue weighted by atomic mass is 9.98. The quantitative estimate of drug-likeness (QED) is 0.750. The molecule has 1 aliphatic carbocycles. The van der Waals surface area contributed by atoms with Gasteiger partial charge in [0.2, 0.25) is 0 Å². The first-order chi connectivity index (χ1) is 13.2. The number of alkyl carbamates (subject to hydrolysis) is 1. The number of aromatic nitrogens is 2. The Balaban J connectivity index is 1.35. The molecule has 2 aromatic carbocycles. The molecule has 1 N–H and O–H groups in total. The summed E-state index contributed by atoms with van der Waals surface area (Å²) in [6.45, 7) is 0.729. The third kappa shape index (κ3) is 3.49. The number of carbonyl (C=O) groups excluding carboxylic acids is 1. The first-order valence-electron chi connectivity index (χ1n) is 8.97. The van der Waals surface area contributed by atoms with Crippen LogP contribution in [0.15, 0.2) is 66.9 Å². The first kappa shape index (κ1) is 17.1. The molecular weight excluding hydrogens is 338 g/mol. The van der Waals surface area contributed by atoms with E-state index in [1.165, 1.54) is 22.3 Å². The van der Waals surface area contributed by atoms with Gasteiger partial charge in [-0.3, -0.25) is 4.68 Å². The molecule has 0 fully saturated rings. The Hall–Kier alpha value is -3.34. The van der Waals surface area contributed by atoms with Crippen LogP contribution in [0, 0.1) is 0 Å². The minimum Gasteiger partial charge on any atom is -0.449 e. The Labute approximate surface area is 158 Å². The van der Waals surface area contributed by atoms with Crippen LogP contribution in [-0.4, -0.2) is 29.0 Å². The van der Waals surface area contributed by atoms with Gasteiger partial charge >= 0.3 is 6.09 Å². The zero-order valence-electron chi connectivity index (χ0n) is 15.1. The molecule has 0 saturated heterocycles. The average molecular weight is 359 g/mol. The van der Waals surface area contributed by atoms with Crippen LogP contribution in [0.4, 0.5) is 4.79 Å². The van der Waals surface area contributed by atoms with Crippen LogP contribution in [0.25, 0.3) is 17.2 Å². The van der Waals surface area contributed by atoms with Crippen molar-refractivity contribution in [3.63, 3.8) is 0 Å². The third-order valence-electron chi connectivity index (χ3n) is 4.86. The van der Waals surface area contributed by atoms with E-state index in [0.717, 1.165) is 5.69 Å². The second-order valence-corrected chi connectivity index (χ2v) is 6.49.